The monoisotopic (exact) mass is 248 g/mol. The van der Waals surface area contributed by atoms with Crippen LogP contribution in [-0.4, -0.2) is 17.7 Å². The molecule has 1 aromatic carbocycles. The van der Waals surface area contributed by atoms with Crippen molar-refractivity contribution in [2.75, 3.05) is 6.61 Å². The third-order valence-electron chi connectivity index (χ3n) is 2.64. The maximum absolute atomic E-state index is 10.5. The Balaban J connectivity index is 2.77. The lowest BCUT2D eigenvalue weighted by Gasteiger charge is -2.11. The van der Waals surface area contributed by atoms with Crippen LogP contribution in [0.15, 0.2) is 24.3 Å². The molecule has 0 bridgehead atoms. The van der Waals surface area contributed by atoms with Gasteiger partial charge in [-0.2, -0.15) is 0 Å². The number of hydrogen-bond acceptors (Lipinski definition) is 2. The molecule has 0 saturated carbocycles. The molecular weight excluding hydrogens is 228 g/mol. The van der Waals surface area contributed by atoms with E-state index in [1.165, 1.54) is 0 Å². The number of aliphatic carboxylic acids is 1. The van der Waals surface area contributed by atoms with Crippen molar-refractivity contribution in [3.63, 3.8) is 0 Å². The number of aryl methyl sites for hydroxylation is 1. The summed E-state index contributed by atoms with van der Waals surface area (Å²) in [6.07, 6.45) is 6.03. The number of para-hydroxylation sites is 1. The molecule has 0 saturated heterocycles. The summed E-state index contributed by atoms with van der Waals surface area (Å²) < 4.78 is 5.76. The van der Waals surface area contributed by atoms with E-state index in [4.69, 9.17) is 9.84 Å². The van der Waals surface area contributed by atoms with E-state index in [9.17, 15) is 4.79 Å². The van der Waals surface area contributed by atoms with Crippen LogP contribution in [0.25, 0.3) is 6.08 Å². The molecule has 0 atom stereocenters. The van der Waals surface area contributed by atoms with Crippen molar-refractivity contribution in [3.05, 3.63) is 35.4 Å². The van der Waals surface area contributed by atoms with Crippen molar-refractivity contribution < 1.29 is 14.6 Å². The largest absolute Gasteiger partial charge is 0.493 e. The van der Waals surface area contributed by atoms with Gasteiger partial charge in [0.2, 0.25) is 0 Å². The normalized spacial score (nSPS) is 10.8. The van der Waals surface area contributed by atoms with E-state index in [-0.39, 0.29) is 0 Å². The van der Waals surface area contributed by atoms with Crippen molar-refractivity contribution in [1.82, 2.24) is 0 Å². The Labute approximate surface area is 108 Å². The number of benzene rings is 1. The van der Waals surface area contributed by atoms with Crippen molar-refractivity contribution in [1.29, 1.82) is 0 Å². The highest BCUT2D eigenvalue weighted by molar-refractivity contribution is 5.86. The van der Waals surface area contributed by atoms with E-state index < -0.39 is 5.97 Å². The summed E-state index contributed by atoms with van der Waals surface area (Å²) in [7, 11) is 0. The van der Waals surface area contributed by atoms with Crippen LogP contribution >= 0.6 is 0 Å². The predicted octanol–water partition coefficient (Wildman–Crippen LogP) is 3.66. The number of carboxylic acid groups (broad SMARTS) is 1. The fourth-order valence-corrected chi connectivity index (χ4v) is 1.69. The number of carboxylic acids is 1. The second-order valence-corrected chi connectivity index (χ2v) is 4.22. The molecule has 1 aromatic rings. The zero-order valence-corrected chi connectivity index (χ0v) is 11.0. The molecule has 0 unspecified atom stereocenters. The summed E-state index contributed by atoms with van der Waals surface area (Å²) >= 11 is 0. The smallest absolute Gasteiger partial charge is 0.328 e. The maximum Gasteiger partial charge on any atom is 0.328 e. The molecule has 0 heterocycles. The van der Waals surface area contributed by atoms with Crippen LogP contribution in [-0.2, 0) is 4.79 Å². The standard InChI is InChI=1S/C15H20O3/c1-3-4-5-11-18-15-12(2)7-6-8-13(15)9-10-14(16)17/h6-10H,3-5,11H2,1-2H3,(H,16,17)/b10-9+. The lowest BCUT2D eigenvalue weighted by molar-refractivity contribution is -0.131. The Morgan fingerprint density at radius 2 is 2.17 bits per heavy atom. The van der Waals surface area contributed by atoms with Crippen molar-refractivity contribution >= 4 is 12.0 Å². The van der Waals surface area contributed by atoms with E-state index in [0.717, 1.165) is 42.2 Å². The first kappa shape index (κ1) is 14.3. The van der Waals surface area contributed by atoms with Crippen LogP contribution in [0.2, 0.25) is 0 Å². The van der Waals surface area contributed by atoms with Gasteiger partial charge in [-0.15, -0.1) is 0 Å². The minimum absolute atomic E-state index is 0.673. The molecular formula is C15H20O3. The van der Waals surface area contributed by atoms with Gasteiger partial charge in [0.05, 0.1) is 6.61 Å². The summed E-state index contributed by atoms with van der Waals surface area (Å²) in [5, 5.41) is 8.65. The van der Waals surface area contributed by atoms with Gasteiger partial charge in [0.1, 0.15) is 5.75 Å². The van der Waals surface area contributed by atoms with Crippen LogP contribution in [0, 0.1) is 6.92 Å². The molecule has 0 amide bonds. The molecule has 0 radical (unpaired) electrons. The first-order valence-electron chi connectivity index (χ1n) is 6.28. The van der Waals surface area contributed by atoms with Gasteiger partial charge in [-0.05, 0) is 25.0 Å². The molecule has 0 fully saturated rings. The molecule has 0 spiro atoms. The summed E-state index contributed by atoms with van der Waals surface area (Å²) in [5.74, 6) is -0.167. The summed E-state index contributed by atoms with van der Waals surface area (Å²) in [4.78, 5) is 10.5. The zero-order chi connectivity index (χ0) is 13.4. The van der Waals surface area contributed by atoms with Crippen LogP contribution in [0.1, 0.15) is 37.3 Å². The maximum atomic E-state index is 10.5. The fraction of sp³-hybridized carbons (Fsp3) is 0.400. The minimum Gasteiger partial charge on any atom is -0.493 e. The van der Waals surface area contributed by atoms with Crippen molar-refractivity contribution in [2.24, 2.45) is 0 Å². The van der Waals surface area contributed by atoms with E-state index in [0.29, 0.717) is 6.61 Å². The number of hydrogen-bond donors (Lipinski definition) is 1. The molecule has 0 aromatic heterocycles. The number of rotatable bonds is 7. The Hall–Kier alpha value is -1.77. The van der Waals surface area contributed by atoms with Gasteiger partial charge in [-0.25, -0.2) is 4.79 Å². The average molecular weight is 248 g/mol. The van der Waals surface area contributed by atoms with E-state index in [1.54, 1.807) is 6.08 Å². The van der Waals surface area contributed by atoms with Gasteiger partial charge < -0.3 is 9.84 Å². The highest BCUT2D eigenvalue weighted by Gasteiger charge is 2.04. The first-order valence-corrected chi connectivity index (χ1v) is 6.28. The number of carbonyl (C=O) groups is 1. The van der Waals surface area contributed by atoms with Crippen LogP contribution in [0.4, 0.5) is 0 Å². The molecule has 3 nitrogen and oxygen atoms in total. The van der Waals surface area contributed by atoms with Crippen molar-refractivity contribution in [3.8, 4) is 5.75 Å². The van der Waals surface area contributed by atoms with Crippen LogP contribution in [0.3, 0.4) is 0 Å². The first-order chi connectivity index (χ1) is 8.65. The van der Waals surface area contributed by atoms with Gasteiger partial charge in [-0.1, -0.05) is 38.0 Å². The van der Waals surface area contributed by atoms with E-state index in [2.05, 4.69) is 6.92 Å². The third kappa shape index (κ3) is 4.62. The molecule has 0 aliphatic rings. The van der Waals surface area contributed by atoms with Crippen LogP contribution < -0.4 is 4.74 Å². The van der Waals surface area contributed by atoms with Crippen molar-refractivity contribution in [2.45, 2.75) is 33.1 Å². The Morgan fingerprint density at radius 1 is 1.39 bits per heavy atom. The lowest BCUT2D eigenvalue weighted by Crippen LogP contribution is -2.00. The average Bonchev–Trinajstić information content (AvgIpc) is 2.34. The lowest BCUT2D eigenvalue weighted by atomic mass is 10.1. The molecule has 0 aliphatic heterocycles. The highest BCUT2D eigenvalue weighted by atomic mass is 16.5. The molecule has 3 heteroatoms. The van der Waals surface area contributed by atoms with Gasteiger partial charge in [0, 0.05) is 11.6 Å². The second kappa shape index (κ2) is 7.54. The number of unbranched alkanes of at least 4 members (excludes halogenated alkanes) is 2. The van der Waals surface area contributed by atoms with Gasteiger partial charge >= 0.3 is 5.97 Å². The van der Waals surface area contributed by atoms with E-state index in [1.807, 2.05) is 25.1 Å². The fourth-order valence-electron chi connectivity index (χ4n) is 1.69. The third-order valence-corrected chi connectivity index (χ3v) is 2.64. The second-order valence-electron chi connectivity index (χ2n) is 4.22. The molecule has 1 rings (SSSR count). The topological polar surface area (TPSA) is 46.5 Å². The Morgan fingerprint density at radius 3 is 2.83 bits per heavy atom. The quantitative estimate of drug-likeness (QED) is 0.591. The summed E-state index contributed by atoms with van der Waals surface area (Å²) in [6, 6.07) is 5.73. The molecule has 98 valence electrons. The zero-order valence-electron chi connectivity index (χ0n) is 11.0. The number of ether oxygens (including phenoxy) is 1. The SMILES string of the molecule is CCCCCOc1c(C)cccc1/C=C/C(=O)O. The molecule has 0 aliphatic carbocycles. The summed E-state index contributed by atoms with van der Waals surface area (Å²) in [6.45, 7) is 4.79. The van der Waals surface area contributed by atoms with E-state index >= 15 is 0 Å². The minimum atomic E-state index is -0.951. The highest BCUT2D eigenvalue weighted by Crippen LogP contribution is 2.25. The predicted molar refractivity (Wildman–Crippen MR) is 72.9 cm³/mol. The van der Waals surface area contributed by atoms with Gasteiger partial charge in [-0.3, -0.25) is 0 Å². The van der Waals surface area contributed by atoms with Gasteiger partial charge in [0.25, 0.3) is 0 Å². The Kier molecular flexibility index (Phi) is 5.98. The summed E-state index contributed by atoms with van der Waals surface area (Å²) in [5.41, 5.74) is 1.84. The van der Waals surface area contributed by atoms with Crippen LogP contribution in [0.5, 0.6) is 5.75 Å². The molecule has 1 N–H and O–H groups in total. The molecule has 18 heavy (non-hydrogen) atoms. The van der Waals surface area contributed by atoms with Gasteiger partial charge in [0.15, 0.2) is 0 Å². The Bertz CT molecular complexity index is 422.